The lowest BCUT2D eigenvalue weighted by molar-refractivity contribution is -0.256. The van der Waals surface area contributed by atoms with Gasteiger partial charge in [0.15, 0.2) is 0 Å². The first-order valence-corrected chi connectivity index (χ1v) is 6.74. The summed E-state index contributed by atoms with van der Waals surface area (Å²) >= 11 is 0. The third-order valence-electron chi connectivity index (χ3n) is 3.36. The minimum Gasteiger partial charge on any atom is -0.545 e. The number of nitrogens with one attached hydrogen (secondary N) is 1. The lowest BCUT2D eigenvalue weighted by Crippen LogP contribution is -2.24. The third-order valence-corrected chi connectivity index (χ3v) is 3.36. The van der Waals surface area contributed by atoms with Crippen molar-refractivity contribution in [3.63, 3.8) is 0 Å². The van der Waals surface area contributed by atoms with Crippen LogP contribution in [0, 0.1) is 0 Å². The van der Waals surface area contributed by atoms with Gasteiger partial charge in [0.05, 0.1) is 23.1 Å². The molecule has 23 heavy (non-hydrogen) atoms. The van der Waals surface area contributed by atoms with Gasteiger partial charge < -0.3 is 25.1 Å². The number of hydrogen-bond donors (Lipinski definition) is 1. The molecule has 3 rings (SSSR count). The molecule has 3 aromatic rings. The molecule has 0 bridgehead atoms. The minimum absolute atomic E-state index is 0.0108. The largest absolute Gasteiger partial charge is 0.545 e. The van der Waals surface area contributed by atoms with Gasteiger partial charge in [0, 0.05) is 22.8 Å². The van der Waals surface area contributed by atoms with E-state index in [-0.39, 0.29) is 11.1 Å². The molecule has 1 heterocycles. The second-order valence-electron chi connectivity index (χ2n) is 4.84. The van der Waals surface area contributed by atoms with E-state index in [1.54, 1.807) is 30.3 Å². The number of carbonyl (C=O) groups is 2. The van der Waals surface area contributed by atoms with Crippen molar-refractivity contribution in [2.75, 3.05) is 5.32 Å². The van der Waals surface area contributed by atoms with Crippen LogP contribution in [0.25, 0.3) is 10.9 Å². The first-order chi connectivity index (χ1) is 11.1. The molecule has 0 unspecified atom stereocenters. The molecule has 0 aliphatic heterocycles. The van der Waals surface area contributed by atoms with Crippen molar-refractivity contribution < 1.29 is 19.8 Å². The number of nitrogens with zero attached hydrogens (tertiary/aromatic N) is 1. The van der Waals surface area contributed by atoms with Crippen LogP contribution in [0.3, 0.4) is 0 Å². The van der Waals surface area contributed by atoms with Gasteiger partial charge in [-0.15, -0.1) is 0 Å². The van der Waals surface area contributed by atoms with Gasteiger partial charge in [-0.05, 0) is 23.8 Å². The monoisotopic (exact) mass is 306 g/mol. The van der Waals surface area contributed by atoms with Crippen molar-refractivity contribution in [1.82, 2.24) is 4.98 Å². The van der Waals surface area contributed by atoms with Crippen LogP contribution in [0.4, 0.5) is 11.4 Å². The molecule has 0 amide bonds. The maximum absolute atomic E-state index is 11.3. The van der Waals surface area contributed by atoms with Crippen LogP contribution in [0.2, 0.25) is 0 Å². The molecular weight excluding hydrogens is 296 g/mol. The van der Waals surface area contributed by atoms with E-state index in [0.29, 0.717) is 22.3 Å². The van der Waals surface area contributed by atoms with Crippen LogP contribution in [0.15, 0.2) is 54.7 Å². The second-order valence-corrected chi connectivity index (χ2v) is 4.84. The predicted molar refractivity (Wildman–Crippen MR) is 80.1 cm³/mol. The molecule has 0 radical (unpaired) electrons. The summed E-state index contributed by atoms with van der Waals surface area (Å²) in [6.45, 7) is 0. The highest BCUT2D eigenvalue weighted by molar-refractivity contribution is 6.04. The van der Waals surface area contributed by atoms with E-state index in [1.807, 2.05) is 0 Å². The molecule has 0 atom stereocenters. The van der Waals surface area contributed by atoms with Crippen molar-refractivity contribution in [2.45, 2.75) is 0 Å². The van der Waals surface area contributed by atoms with Crippen LogP contribution in [0.5, 0.6) is 0 Å². The number of carbonyl (C=O) groups excluding carboxylic acids is 2. The Bertz CT molecular complexity index is 921. The zero-order valence-corrected chi connectivity index (χ0v) is 11.8. The number of fused-ring (bicyclic) bond motifs is 1. The maximum Gasteiger partial charge on any atom is 0.0752 e. The Labute approximate surface area is 131 Å². The predicted octanol–water partition coefficient (Wildman–Crippen LogP) is 0.705. The average Bonchev–Trinajstić information content (AvgIpc) is 2.55. The molecule has 1 aromatic heterocycles. The van der Waals surface area contributed by atoms with Crippen LogP contribution < -0.4 is 15.5 Å². The number of para-hydroxylation sites is 1. The zero-order chi connectivity index (χ0) is 16.4. The van der Waals surface area contributed by atoms with E-state index in [0.717, 1.165) is 0 Å². The number of pyridine rings is 1. The summed E-state index contributed by atoms with van der Waals surface area (Å²) < 4.78 is 0. The molecule has 0 fully saturated rings. The van der Waals surface area contributed by atoms with Gasteiger partial charge in [0.2, 0.25) is 0 Å². The summed E-state index contributed by atoms with van der Waals surface area (Å²) in [5, 5.41) is 25.8. The van der Waals surface area contributed by atoms with Crippen LogP contribution in [0.1, 0.15) is 20.7 Å². The van der Waals surface area contributed by atoms with E-state index in [1.165, 1.54) is 24.4 Å². The van der Waals surface area contributed by atoms with E-state index in [2.05, 4.69) is 10.3 Å². The Morgan fingerprint density at radius 1 is 0.957 bits per heavy atom. The number of carboxylic acid groups (broad SMARTS) is 2. The SMILES string of the molecule is O=C([O-])c1cccc(Nc2c(C(=O)[O-])cnc3ccccc23)c1. The topological polar surface area (TPSA) is 105 Å². The van der Waals surface area contributed by atoms with Gasteiger partial charge in [-0.1, -0.05) is 30.3 Å². The average molecular weight is 306 g/mol. The Kier molecular flexibility index (Phi) is 3.64. The van der Waals surface area contributed by atoms with Gasteiger partial charge in [0.1, 0.15) is 0 Å². The fraction of sp³-hybridized carbons (Fsp3) is 0. The molecule has 6 heteroatoms. The fourth-order valence-electron chi connectivity index (χ4n) is 2.30. The highest BCUT2D eigenvalue weighted by atomic mass is 16.4. The normalized spacial score (nSPS) is 10.4. The fourth-order valence-corrected chi connectivity index (χ4v) is 2.30. The van der Waals surface area contributed by atoms with Gasteiger partial charge >= 0.3 is 0 Å². The standard InChI is InChI=1S/C17H12N2O4/c20-16(21)10-4-3-5-11(8-10)19-15-12-6-1-2-7-14(12)18-9-13(15)17(22)23/h1-9H,(H,18,19)(H,20,21)(H,22,23)/p-2. The Balaban J connectivity index is 2.15. The van der Waals surface area contributed by atoms with Crippen molar-refractivity contribution in [3.8, 4) is 0 Å². The molecular formula is C17H10N2O4-2. The molecule has 0 saturated carbocycles. The van der Waals surface area contributed by atoms with Crippen molar-refractivity contribution >= 4 is 34.2 Å². The summed E-state index contributed by atoms with van der Waals surface area (Å²) in [7, 11) is 0. The quantitative estimate of drug-likeness (QED) is 0.761. The molecule has 0 aliphatic rings. The lowest BCUT2D eigenvalue weighted by atomic mass is 10.1. The highest BCUT2D eigenvalue weighted by Crippen LogP contribution is 2.29. The minimum atomic E-state index is -1.37. The summed E-state index contributed by atoms with van der Waals surface area (Å²) in [6, 6.07) is 12.9. The Hall–Kier alpha value is -3.41. The van der Waals surface area contributed by atoms with Gasteiger partial charge in [-0.2, -0.15) is 0 Å². The molecule has 114 valence electrons. The Morgan fingerprint density at radius 3 is 2.48 bits per heavy atom. The molecule has 0 saturated heterocycles. The molecule has 2 aromatic carbocycles. The summed E-state index contributed by atoms with van der Waals surface area (Å²) in [5.41, 5.74) is 1.21. The first kappa shape index (κ1) is 14.5. The number of carboxylic acids is 2. The van der Waals surface area contributed by atoms with Crippen LogP contribution in [-0.2, 0) is 0 Å². The number of aromatic nitrogens is 1. The zero-order valence-electron chi connectivity index (χ0n) is 11.8. The second kappa shape index (κ2) is 5.76. The summed E-state index contributed by atoms with van der Waals surface area (Å²) in [4.78, 5) is 26.4. The van der Waals surface area contributed by atoms with E-state index in [9.17, 15) is 19.8 Å². The lowest BCUT2D eigenvalue weighted by Gasteiger charge is -2.16. The summed E-state index contributed by atoms with van der Waals surface area (Å²) in [6.07, 6.45) is 1.21. The van der Waals surface area contributed by atoms with E-state index in [4.69, 9.17) is 0 Å². The smallest absolute Gasteiger partial charge is 0.0752 e. The van der Waals surface area contributed by atoms with E-state index < -0.39 is 11.9 Å². The first-order valence-electron chi connectivity index (χ1n) is 6.74. The highest BCUT2D eigenvalue weighted by Gasteiger charge is 2.10. The molecule has 6 nitrogen and oxygen atoms in total. The number of anilines is 2. The van der Waals surface area contributed by atoms with Gasteiger partial charge in [-0.3, -0.25) is 4.98 Å². The van der Waals surface area contributed by atoms with Crippen molar-refractivity contribution in [3.05, 3.63) is 65.9 Å². The Morgan fingerprint density at radius 2 is 1.74 bits per heavy atom. The molecule has 0 spiro atoms. The van der Waals surface area contributed by atoms with E-state index >= 15 is 0 Å². The van der Waals surface area contributed by atoms with Crippen LogP contribution in [-0.4, -0.2) is 16.9 Å². The molecule has 1 N–H and O–H groups in total. The maximum atomic E-state index is 11.3. The number of benzene rings is 2. The van der Waals surface area contributed by atoms with Gasteiger partial charge in [0.25, 0.3) is 0 Å². The number of rotatable bonds is 4. The van der Waals surface area contributed by atoms with Gasteiger partial charge in [-0.25, -0.2) is 0 Å². The van der Waals surface area contributed by atoms with Crippen molar-refractivity contribution in [1.29, 1.82) is 0 Å². The summed E-state index contributed by atoms with van der Waals surface area (Å²) in [5.74, 6) is -2.69. The van der Waals surface area contributed by atoms with Crippen LogP contribution >= 0.6 is 0 Å². The van der Waals surface area contributed by atoms with Crippen molar-refractivity contribution in [2.24, 2.45) is 0 Å². The third kappa shape index (κ3) is 2.82. The molecule has 0 aliphatic carbocycles. The number of hydrogen-bond acceptors (Lipinski definition) is 6. The number of aromatic carboxylic acids is 2.